The predicted molar refractivity (Wildman–Crippen MR) is 89.9 cm³/mol. The summed E-state index contributed by atoms with van der Waals surface area (Å²) < 4.78 is 5.20. The van der Waals surface area contributed by atoms with Gasteiger partial charge in [-0.25, -0.2) is 0 Å². The maximum atomic E-state index is 12.4. The summed E-state index contributed by atoms with van der Waals surface area (Å²) >= 11 is 0. The van der Waals surface area contributed by atoms with Gasteiger partial charge in [0, 0.05) is 11.9 Å². The van der Waals surface area contributed by atoms with Gasteiger partial charge in [-0.05, 0) is 44.5 Å². The maximum absolute atomic E-state index is 12.4. The molecule has 3 rings (SSSR count). The standard InChI is InChI=1S/C17H17N5O3/c1-9-8-10(2)19-15(23)13(9)16(24)20-11(3)17-21-14(22-25-17)12-6-4-5-7-18-12/h4-8,11H,1-3H3,(H,19,23)(H,20,24). The Balaban J connectivity index is 1.79. The molecule has 0 saturated heterocycles. The van der Waals surface area contributed by atoms with E-state index in [0.717, 1.165) is 0 Å². The molecule has 8 nitrogen and oxygen atoms in total. The average molecular weight is 339 g/mol. The highest BCUT2D eigenvalue weighted by molar-refractivity contribution is 5.95. The number of aryl methyl sites for hydroxylation is 2. The summed E-state index contributed by atoms with van der Waals surface area (Å²) in [5.41, 5.74) is 1.51. The first-order valence-electron chi connectivity index (χ1n) is 7.72. The minimum absolute atomic E-state index is 0.0712. The number of rotatable bonds is 4. The predicted octanol–water partition coefficient (Wildman–Crippen LogP) is 1.93. The lowest BCUT2D eigenvalue weighted by atomic mass is 10.1. The Morgan fingerprint density at radius 3 is 2.80 bits per heavy atom. The Kier molecular flexibility index (Phi) is 4.42. The van der Waals surface area contributed by atoms with E-state index in [4.69, 9.17) is 4.52 Å². The van der Waals surface area contributed by atoms with Crippen LogP contribution in [0, 0.1) is 13.8 Å². The van der Waals surface area contributed by atoms with Crippen LogP contribution in [0.2, 0.25) is 0 Å². The lowest BCUT2D eigenvalue weighted by molar-refractivity contribution is 0.0930. The molecule has 0 bridgehead atoms. The number of nitrogens with one attached hydrogen (secondary N) is 2. The number of pyridine rings is 2. The van der Waals surface area contributed by atoms with Gasteiger partial charge in [-0.3, -0.25) is 14.6 Å². The Bertz CT molecular complexity index is 962. The van der Waals surface area contributed by atoms with Crippen molar-refractivity contribution in [3.63, 3.8) is 0 Å². The molecule has 3 aromatic heterocycles. The molecule has 0 spiro atoms. The zero-order valence-electron chi connectivity index (χ0n) is 14.0. The number of hydrogen-bond acceptors (Lipinski definition) is 6. The highest BCUT2D eigenvalue weighted by atomic mass is 16.5. The summed E-state index contributed by atoms with van der Waals surface area (Å²) in [6, 6.07) is 6.54. The fourth-order valence-electron chi connectivity index (χ4n) is 2.48. The van der Waals surface area contributed by atoms with E-state index in [0.29, 0.717) is 22.8 Å². The van der Waals surface area contributed by atoms with Gasteiger partial charge in [0.05, 0.1) is 0 Å². The molecule has 128 valence electrons. The summed E-state index contributed by atoms with van der Waals surface area (Å²) in [6.07, 6.45) is 1.63. The van der Waals surface area contributed by atoms with Crippen molar-refractivity contribution in [2.75, 3.05) is 0 Å². The van der Waals surface area contributed by atoms with Gasteiger partial charge in [0.2, 0.25) is 11.7 Å². The molecule has 0 aliphatic carbocycles. The largest absolute Gasteiger partial charge is 0.340 e. The first-order chi connectivity index (χ1) is 12.0. The van der Waals surface area contributed by atoms with Crippen molar-refractivity contribution in [2.45, 2.75) is 26.8 Å². The Hall–Kier alpha value is -3.29. The van der Waals surface area contributed by atoms with Crippen molar-refractivity contribution in [1.82, 2.24) is 25.4 Å². The van der Waals surface area contributed by atoms with E-state index in [-0.39, 0.29) is 11.5 Å². The first kappa shape index (κ1) is 16.6. The van der Waals surface area contributed by atoms with Gasteiger partial charge in [0.15, 0.2) is 0 Å². The molecule has 0 aromatic carbocycles. The minimum atomic E-state index is -0.558. The first-order valence-corrected chi connectivity index (χ1v) is 7.72. The molecule has 1 atom stereocenters. The minimum Gasteiger partial charge on any atom is -0.340 e. The molecule has 25 heavy (non-hydrogen) atoms. The van der Waals surface area contributed by atoms with E-state index in [1.165, 1.54) is 0 Å². The second-order valence-corrected chi connectivity index (χ2v) is 5.71. The molecule has 2 N–H and O–H groups in total. The zero-order valence-corrected chi connectivity index (χ0v) is 14.0. The molecular formula is C17H17N5O3. The zero-order chi connectivity index (χ0) is 18.0. The molecule has 0 fully saturated rings. The van der Waals surface area contributed by atoms with Crippen LogP contribution in [0.1, 0.15) is 40.5 Å². The SMILES string of the molecule is Cc1cc(C)c(C(=O)NC(C)c2nc(-c3ccccn3)no2)c(=O)[nH]1. The monoisotopic (exact) mass is 339 g/mol. The van der Waals surface area contributed by atoms with Gasteiger partial charge in [-0.2, -0.15) is 4.98 Å². The van der Waals surface area contributed by atoms with Crippen LogP contribution in [0.5, 0.6) is 0 Å². The van der Waals surface area contributed by atoms with Crippen LogP contribution in [-0.4, -0.2) is 26.0 Å². The molecule has 1 unspecified atom stereocenters. The summed E-state index contributed by atoms with van der Waals surface area (Å²) in [7, 11) is 0. The summed E-state index contributed by atoms with van der Waals surface area (Å²) in [5, 5.41) is 6.57. The summed E-state index contributed by atoms with van der Waals surface area (Å²) in [4.78, 5) is 35.5. The fourth-order valence-corrected chi connectivity index (χ4v) is 2.48. The van der Waals surface area contributed by atoms with Gasteiger partial charge >= 0.3 is 0 Å². The molecule has 0 aliphatic rings. The Labute approximate surface area is 143 Å². The number of hydrogen-bond donors (Lipinski definition) is 2. The topological polar surface area (TPSA) is 114 Å². The van der Waals surface area contributed by atoms with Gasteiger partial charge in [0.25, 0.3) is 11.5 Å². The van der Waals surface area contributed by atoms with Crippen molar-refractivity contribution < 1.29 is 9.32 Å². The van der Waals surface area contributed by atoms with Crippen LogP contribution in [-0.2, 0) is 0 Å². The number of aromatic nitrogens is 4. The maximum Gasteiger partial charge on any atom is 0.261 e. The second kappa shape index (κ2) is 6.68. The van der Waals surface area contributed by atoms with Crippen LogP contribution in [0.15, 0.2) is 39.8 Å². The lowest BCUT2D eigenvalue weighted by Gasteiger charge is -2.11. The van der Waals surface area contributed by atoms with E-state index in [2.05, 4.69) is 25.4 Å². The van der Waals surface area contributed by atoms with E-state index >= 15 is 0 Å². The fraction of sp³-hybridized carbons (Fsp3) is 0.235. The average Bonchev–Trinajstić information content (AvgIpc) is 3.04. The molecule has 0 radical (unpaired) electrons. The molecule has 0 saturated carbocycles. The molecule has 3 aromatic rings. The van der Waals surface area contributed by atoms with Crippen LogP contribution >= 0.6 is 0 Å². The van der Waals surface area contributed by atoms with Crippen molar-refractivity contribution >= 4 is 5.91 Å². The van der Waals surface area contributed by atoms with E-state index in [1.807, 2.05) is 6.07 Å². The van der Waals surface area contributed by atoms with E-state index in [9.17, 15) is 9.59 Å². The number of carbonyl (C=O) groups excluding carboxylic acids is 1. The van der Waals surface area contributed by atoms with Crippen molar-refractivity contribution in [3.05, 3.63) is 63.5 Å². The number of nitrogens with zero attached hydrogens (tertiary/aromatic N) is 3. The van der Waals surface area contributed by atoms with Gasteiger partial charge in [0.1, 0.15) is 17.3 Å². The van der Waals surface area contributed by atoms with Crippen LogP contribution < -0.4 is 10.9 Å². The Morgan fingerprint density at radius 1 is 1.32 bits per heavy atom. The van der Waals surface area contributed by atoms with E-state index < -0.39 is 17.5 Å². The van der Waals surface area contributed by atoms with Gasteiger partial charge < -0.3 is 14.8 Å². The second-order valence-electron chi connectivity index (χ2n) is 5.71. The third-order valence-electron chi connectivity index (χ3n) is 3.65. The van der Waals surface area contributed by atoms with Crippen LogP contribution in [0.4, 0.5) is 0 Å². The molecular weight excluding hydrogens is 322 g/mol. The lowest BCUT2D eigenvalue weighted by Crippen LogP contribution is -2.33. The smallest absolute Gasteiger partial charge is 0.261 e. The highest BCUT2D eigenvalue weighted by Crippen LogP contribution is 2.17. The highest BCUT2D eigenvalue weighted by Gasteiger charge is 2.21. The van der Waals surface area contributed by atoms with Gasteiger partial charge in [-0.1, -0.05) is 11.2 Å². The van der Waals surface area contributed by atoms with Crippen molar-refractivity contribution in [2.24, 2.45) is 0 Å². The number of H-pyrrole nitrogens is 1. The summed E-state index contributed by atoms with van der Waals surface area (Å²) in [5.74, 6) is 0.0695. The molecule has 1 amide bonds. The summed E-state index contributed by atoms with van der Waals surface area (Å²) in [6.45, 7) is 5.18. The quantitative estimate of drug-likeness (QED) is 0.751. The number of carbonyl (C=O) groups is 1. The van der Waals surface area contributed by atoms with Crippen molar-refractivity contribution in [3.8, 4) is 11.5 Å². The molecule has 3 heterocycles. The van der Waals surface area contributed by atoms with E-state index in [1.54, 1.807) is 45.2 Å². The number of amides is 1. The van der Waals surface area contributed by atoms with Crippen molar-refractivity contribution in [1.29, 1.82) is 0 Å². The van der Waals surface area contributed by atoms with Crippen LogP contribution in [0.3, 0.4) is 0 Å². The third-order valence-corrected chi connectivity index (χ3v) is 3.65. The molecule has 0 aliphatic heterocycles. The number of aromatic amines is 1. The van der Waals surface area contributed by atoms with Gasteiger partial charge in [-0.15, -0.1) is 0 Å². The third kappa shape index (κ3) is 3.47. The normalized spacial score (nSPS) is 12.0. The molecule has 8 heteroatoms. The van der Waals surface area contributed by atoms with Crippen LogP contribution in [0.25, 0.3) is 11.5 Å². The Morgan fingerprint density at radius 2 is 2.12 bits per heavy atom.